The van der Waals surface area contributed by atoms with Crippen LogP contribution in [-0.4, -0.2) is 22.6 Å². The van der Waals surface area contributed by atoms with Gasteiger partial charge in [0.25, 0.3) is 0 Å². The van der Waals surface area contributed by atoms with E-state index < -0.39 is 0 Å². The quantitative estimate of drug-likeness (QED) is 0.370. The molecule has 7 heteroatoms. The molecule has 3 N–H and O–H groups in total. The molecule has 6 nitrogen and oxygen atoms in total. The van der Waals surface area contributed by atoms with E-state index in [-0.39, 0.29) is 24.0 Å². The predicted molar refractivity (Wildman–Crippen MR) is 72.6 cm³/mol. The molecule has 0 unspecified atom stereocenters. The van der Waals surface area contributed by atoms with Gasteiger partial charge in [-0.25, -0.2) is 4.99 Å². The lowest BCUT2D eigenvalue weighted by molar-refractivity contribution is 0.387. The zero-order chi connectivity index (χ0) is 11.3. The molecular weight excluding hydrogens is 321 g/mol. The smallest absolute Gasteiger partial charge is 0.223 e. The first-order chi connectivity index (χ1) is 7.08. The van der Waals surface area contributed by atoms with Gasteiger partial charge in [0, 0.05) is 13.5 Å². The minimum absolute atomic E-state index is 0. The van der Waals surface area contributed by atoms with Crippen molar-refractivity contribution < 1.29 is 4.52 Å². The molecule has 0 aromatic carbocycles. The number of aryl methyl sites for hydroxylation is 1. The summed E-state index contributed by atoms with van der Waals surface area (Å²) in [4.78, 5) is 8.03. The van der Waals surface area contributed by atoms with Crippen LogP contribution in [0, 0.1) is 6.92 Å². The summed E-state index contributed by atoms with van der Waals surface area (Å²) in [5.74, 6) is 1.39. The van der Waals surface area contributed by atoms with Gasteiger partial charge >= 0.3 is 0 Å². The Morgan fingerprint density at radius 1 is 1.62 bits per heavy atom. The molecule has 90 valence electrons. The molecule has 0 aliphatic carbocycles. The third-order valence-corrected chi connectivity index (χ3v) is 1.53. The number of aromatic nitrogens is 2. The van der Waals surface area contributed by atoms with E-state index in [1.54, 1.807) is 6.92 Å². The molecule has 0 atom stereocenters. The maximum absolute atomic E-state index is 5.59. The Morgan fingerprint density at radius 3 is 2.81 bits per heavy atom. The number of halogens is 1. The van der Waals surface area contributed by atoms with Crippen LogP contribution in [0.5, 0.6) is 0 Å². The van der Waals surface area contributed by atoms with Crippen molar-refractivity contribution in [2.45, 2.75) is 20.4 Å². The Labute approximate surface area is 111 Å². The van der Waals surface area contributed by atoms with E-state index in [1.165, 1.54) is 0 Å². The van der Waals surface area contributed by atoms with Gasteiger partial charge in [0.15, 0.2) is 11.8 Å². The van der Waals surface area contributed by atoms with Crippen LogP contribution < -0.4 is 11.1 Å². The predicted octanol–water partition coefficient (Wildman–Crippen LogP) is 0.976. The molecule has 1 aromatic heterocycles. The fourth-order valence-corrected chi connectivity index (χ4v) is 0.859. The highest BCUT2D eigenvalue weighted by molar-refractivity contribution is 14.0. The fourth-order valence-electron chi connectivity index (χ4n) is 0.859. The second kappa shape index (κ2) is 7.20. The summed E-state index contributed by atoms with van der Waals surface area (Å²) in [6.45, 7) is 8.29. The van der Waals surface area contributed by atoms with Gasteiger partial charge in [0.2, 0.25) is 5.89 Å². The van der Waals surface area contributed by atoms with E-state index in [9.17, 15) is 0 Å². The van der Waals surface area contributed by atoms with Crippen molar-refractivity contribution in [3.8, 4) is 0 Å². The highest BCUT2D eigenvalue weighted by atomic mass is 127. The number of nitrogens with zero attached hydrogens (tertiary/aromatic N) is 3. The normalized spacial score (nSPS) is 10.8. The zero-order valence-corrected chi connectivity index (χ0v) is 11.7. The minimum atomic E-state index is 0. The maximum atomic E-state index is 5.59. The number of nitrogens with two attached hydrogens (primary N) is 1. The van der Waals surface area contributed by atoms with Gasteiger partial charge in [-0.05, 0) is 6.92 Å². The van der Waals surface area contributed by atoms with Gasteiger partial charge < -0.3 is 15.6 Å². The Hall–Kier alpha value is -1.12. The van der Waals surface area contributed by atoms with E-state index in [2.05, 4.69) is 27.0 Å². The molecule has 0 aliphatic heterocycles. The molecule has 0 saturated carbocycles. The molecule has 0 fully saturated rings. The number of rotatable bonds is 4. The third kappa shape index (κ3) is 5.69. The first-order valence-corrected chi connectivity index (χ1v) is 4.55. The summed E-state index contributed by atoms with van der Waals surface area (Å²) in [5, 5.41) is 6.59. The van der Waals surface area contributed by atoms with Crippen LogP contribution in [0.25, 0.3) is 0 Å². The van der Waals surface area contributed by atoms with E-state index >= 15 is 0 Å². The Kier molecular flexibility index (Phi) is 6.70. The zero-order valence-electron chi connectivity index (χ0n) is 9.36. The average Bonchev–Trinajstić information content (AvgIpc) is 2.58. The van der Waals surface area contributed by atoms with Crippen LogP contribution in [0.1, 0.15) is 18.6 Å². The molecule has 0 amide bonds. The summed E-state index contributed by atoms with van der Waals surface area (Å²) in [7, 11) is 0. The second-order valence-electron chi connectivity index (χ2n) is 3.24. The van der Waals surface area contributed by atoms with Crippen LogP contribution in [0.3, 0.4) is 0 Å². The van der Waals surface area contributed by atoms with Crippen molar-refractivity contribution in [3.63, 3.8) is 0 Å². The SMILES string of the molecule is C=C(C)CNC(N)=NCc1noc(C)n1.I. The van der Waals surface area contributed by atoms with Gasteiger partial charge in [-0.1, -0.05) is 17.3 Å². The number of hydrogen-bond donors (Lipinski definition) is 2. The van der Waals surface area contributed by atoms with Crippen molar-refractivity contribution in [2.75, 3.05) is 6.54 Å². The van der Waals surface area contributed by atoms with E-state index in [1.807, 2.05) is 6.92 Å². The lowest BCUT2D eigenvalue weighted by Crippen LogP contribution is -2.32. The van der Waals surface area contributed by atoms with Gasteiger partial charge in [-0.3, -0.25) is 0 Å². The molecule has 1 aromatic rings. The largest absolute Gasteiger partial charge is 0.370 e. The number of aliphatic imine (C=N–C) groups is 1. The van der Waals surface area contributed by atoms with E-state index in [4.69, 9.17) is 10.3 Å². The molecule has 0 bridgehead atoms. The summed E-state index contributed by atoms with van der Waals surface area (Å²) >= 11 is 0. The van der Waals surface area contributed by atoms with Gasteiger partial charge in [0.1, 0.15) is 6.54 Å². The van der Waals surface area contributed by atoms with Crippen LogP contribution in [0.4, 0.5) is 0 Å². The van der Waals surface area contributed by atoms with Gasteiger partial charge in [-0.2, -0.15) is 4.98 Å². The molecule has 1 heterocycles. The standard InChI is InChI=1S/C9H15N5O.HI/c1-6(2)4-11-9(10)12-5-8-13-7(3)15-14-8;/h1,4-5H2,2-3H3,(H3,10,11,12);1H. The molecule has 0 aliphatic rings. The minimum Gasteiger partial charge on any atom is -0.370 e. The third-order valence-electron chi connectivity index (χ3n) is 1.53. The van der Waals surface area contributed by atoms with Crippen molar-refractivity contribution in [1.29, 1.82) is 0 Å². The van der Waals surface area contributed by atoms with Crippen molar-refractivity contribution in [1.82, 2.24) is 15.5 Å². The fraction of sp³-hybridized carbons (Fsp3) is 0.444. The molecule has 16 heavy (non-hydrogen) atoms. The Morgan fingerprint density at radius 2 is 2.31 bits per heavy atom. The second-order valence-corrected chi connectivity index (χ2v) is 3.24. The highest BCUT2D eigenvalue weighted by Crippen LogP contribution is 1.95. The Balaban J connectivity index is 0.00000225. The van der Waals surface area contributed by atoms with E-state index in [0.717, 1.165) is 5.57 Å². The van der Waals surface area contributed by atoms with Crippen LogP contribution in [-0.2, 0) is 6.54 Å². The summed E-state index contributed by atoms with van der Waals surface area (Å²) < 4.78 is 4.79. The topological polar surface area (TPSA) is 89.3 Å². The molecule has 1 rings (SSSR count). The molecule has 0 spiro atoms. The molecule has 0 radical (unpaired) electrons. The first-order valence-electron chi connectivity index (χ1n) is 4.55. The number of nitrogens with one attached hydrogen (secondary N) is 1. The molecular formula is C9H16IN5O. The van der Waals surface area contributed by atoms with Crippen molar-refractivity contribution >= 4 is 29.9 Å². The van der Waals surface area contributed by atoms with Crippen molar-refractivity contribution in [3.05, 3.63) is 23.9 Å². The van der Waals surface area contributed by atoms with Crippen LogP contribution >= 0.6 is 24.0 Å². The maximum Gasteiger partial charge on any atom is 0.223 e. The summed E-state index contributed by atoms with van der Waals surface area (Å²) in [6.07, 6.45) is 0. The summed E-state index contributed by atoms with van der Waals surface area (Å²) in [6, 6.07) is 0. The Bertz CT molecular complexity index is 374. The number of hydrogen-bond acceptors (Lipinski definition) is 4. The van der Waals surface area contributed by atoms with Crippen LogP contribution in [0.15, 0.2) is 21.7 Å². The lowest BCUT2D eigenvalue weighted by Gasteiger charge is -2.03. The average molecular weight is 337 g/mol. The van der Waals surface area contributed by atoms with Gasteiger partial charge in [-0.15, -0.1) is 24.0 Å². The summed E-state index contributed by atoms with van der Waals surface area (Å²) in [5.41, 5.74) is 6.58. The van der Waals surface area contributed by atoms with E-state index in [0.29, 0.717) is 30.8 Å². The molecule has 0 saturated heterocycles. The highest BCUT2D eigenvalue weighted by Gasteiger charge is 2.00. The lowest BCUT2D eigenvalue weighted by atomic mass is 10.3. The first kappa shape index (κ1) is 14.9. The van der Waals surface area contributed by atoms with Gasteiger partial charge in [0.05, 0.1) is 0 Å². The van der Waals surface area contributed by atoms with Crippen molar-refractivity contribution in [2.24, 2.45) is 10.7 Å². The van der Waals surface area contributed by atoms with Crippen LogP contribution in [0.2, 0.25) is 0 Å². The number of guanidine groups is 1. The monoisotopic (exact) mass is 337 g/mol.